The van der Waals surface area contributed by atoms with Gasteiger partial charge in [0, 0.05) is 5.38 Å². The average Bonchev–Trinajstić information content (AvgIpc) is 3.16. The summed E-state index contributed by atoms with van der Waals surface area (Å²) in [6.07, 6.45) is 1.87. The number of nitrogens with zero attached hydrogens (tertiary/aromatic N) is 2. The van der Waals surface area contributed by atoms with E-state index in [9.17, 15) is 9.90 Å². The maximum Gasteiger partial charge on any atom is 0.311 e. The molecule has 0 aliphatic rings. The van der Waals surface area contributed by atoms with Crippen LogP contribution >= 0.6 is 11.3 Å². The lowest BCUT2D eigenvalue weighted by Crippen LogP contribution is -2.07. The van der Waals surface area contributed by atoms with E-state index < -0.39 is 0 Å². The number of anilines is 1. The van der Waals surface area contributed by atoms with Gasteiger partial charge in [0.2, 0.25) is 5.13 Å². The molecular weight excluding hydrogens is 374 g/mol. The zero-order valence-corrected chi connectivity index (χ0v) is 16.3. The minimum Gasteiger partial charge on any atom is -0.466 e. The lowest BCUT2D eigenvalue weighted by Gasteiger charge is -2.04. The van der Waals surface area contributed by atoms with Crippen molar-refractivity contribution < 1.29 is 14.6 Å². The molecule has 144 valence electrons. The summed E-state index contributed by atoms with van der Waals surface area (Å²) in [4.78, 5) is 15.8. The summed E-state index contributed by atoms with van der Waals surface area (Å²) >= 11 is 1.38. The Morgan fingerprint density at radius 3 is 2.82 bits per heavy atom. The highest BCUT2D eigenvalue weighted by Gasteiger charge is 2.07. The minimum absolute atomic E-state index is 0.0303. The normalized spacial score (nSPS) is 10.9. The van der Waals surface area contributed by atoms with Gasteiger partial charge < -0.3 is 9.84 Å². The second-order valence-corrected chi connectivity index (χ2v) is 6.83. The van der Waals surface area contributed by atoms with Crippen LogP contribution in [-0.2, 0) is 22.6 Å². The number of carbonyl (C=O) groups excluding carboxylic acids is 1. The van der Waals surface area contributed by atoms with Gasteiger partial charge in [-0.3, -0.25) is 10.2 Å². The monoisotopic (exact) mass is 395 g/mol. The summed E-state index contributed by atoms with van der Waals surface area (Å²) in [6.45, 7) is 2.17. The van der Waals surface area contributed by atoms with E-state index in [2.05, 4.69) is 15.5 Å². The predicted octanol–water partition coefficient (Wildman–Crippen LogP) is 3.85. The predicted molar refractivity (Wildman–Crippen MR) is 111 cm³/mol. The third-order valence-corrected chi connectivity index (χ3v) is 4.71. The Balaban J connectivity index is 1.57. The van der Waals surface area contributed by atoms with Gasteiger partial charge >= 0.3 is 5.97 Å². The quantitative estimate of drug-likeness (QED) is 0.344. The first-order valence-corrected chi connectivity index (χ1v) is 9.75. The number of aliphatic hydroxyl groups excluding tert-OH is 1. The molecule has 3 aromatic rings. The van der Waals surface area contributed by atoms with Gasteiger partial charge in [-0.2, -0.15) is 5.10 Å². The highest BCUT2D eigenvalue weighted by Crippen LogP contribution is 2.21. The van der Waals surface area contributed by atoms with Crippen LogP contribution in [0.4, 0.5) is 5.13 Å². The number of aromatic nitrogens is 1. The van der Waals surface area contributed by atoms with Gasteiger partial charge in [-0.25, -0.2) is 4.98 Å². The molecule has 0 fully saturated rings. The maximum atomic E-state index is 11.5. The number of carbonyl (C=O) groups is 1. The fraction of sp³-hybridized carbons (Fsp3) is 0.190. The van der Waals surface area contributed by atoms with Gasteiger partial charge in [-0.05, 0) is 35.2 Å². The van der Waals surface area contributed by atoms with Crippen LogP contribution in [0.5, 0.6) is 0 Å². The molecule has 0 amide bonds. The molecule has 0 saturated carbocycles. The zero-order valence-electron chi connectivity index (χ0n) is 15.5. The van der Waals surface area contributed by atoms with Gasteiger partial charge in [-0.15, -0.1) is 11.3 Å². The Hall–Kier alpha value is -3.03. The van der Waals surface area contributed by atoms with E-state index in [1.54, 1.807) is 13.1 Å². The fourth-order valence-electron chi connectivity index (χ4n) is 2.57. The minimum atomic E-state index is -0.285. The van der Waals surface area contributed by atoms with Gasteiger partial charge in [0.1, 0.15) is 0 Å². The molecule has 0 aliphatic heterocycles. The van der Waals surface area contributed by atoms with E-state index in [1.807, 2.05) is 53.9 Å². The first-order valence-electron chi connectivity index (χ1n) is 8.87. The number of ether oxygens (including phenoxy) is 1. The smallest absolute Gasteiger partial charge is 0.311 e. The Morgan fingerprint density at radius 1 is 1.25 bits per heavy atom. The number of esters is 1. The molecule has 0 saturated heterocycles. The average molecular weight is 395 g/mol. The SMILES string of the molecule is CCOC(=O)Cc1csc(NN=Cc2ccc(-c3cccc(CO)c3)cc2)n1. The zero-order chi connectivity index (χ0) is 19.8. The van der Waals surface area contributed by atoms with Crippen LogP contribution < -0.4 is 5.43 Å². The van der Waals surface area contributed by atoms with Crippen LogP contribution in [0.15, 0.2) is 59.0 Å². The summed E-state index contributed by atoms with van der Waals surface area (Å²) < 4.78 is 4.91. The van der Waals surface area contributed by atoms with Crippen LogP contribution in [0.3, 0.4) is 0 Å². The number of thiazole rings is 1. The van der Waals surface area contributed by atoms with Crippen molar-refractivity contribution in [3.05, 3.63) is 70.7 Å². The first kappa shape index (κ1) is 19.7. The number of hydrogen-bond donors (Lipinski definition) is 2. The summed E-state index contributed by atoms with van der Waals surface area (Å²) in [7, 11) is 0. The molecule has 0 radical (unpaired) electrons. The second-order valence-electron chi connectivity index (χ2n) is 5.98. The molecule has 1 heterocycles. The van der Waals surface area contributed by atoms with Gasteiger partial charge in [0.25, 0.3) is 0 Å². The molecule has 1 aromatic heterocycles. The summed E-state index contributed by atoms with van der Waals surface area (Å²) in [5.74, 6) is -0.285. The highest BCUT2D eigenvalue weighted by atomic mass is 32.1. The summed E-state index contributed by atoms with van der Waals surface area (Å²) in [5, 5.41) is 15.9. The van der Waals surface area contributed by atoms with Crippen molar-refractivity contribution in [2.24, 2.45) is 5.10 Å². The van der Waals surface area contributed by atoms with E-state index in [0.717, 1.165) is 22.3 Å². The molecule has 0 bridgehead atoms. The van der Waals surface area contributed by atoms with Crippen molar-refractivity contribution in [1.29, 1.82) is 0 Å². The molecule has 0 spiro atoms. The van der Waals surface area contributed by atoms with E-state index in [4.69, 9.17) is 4.74 Å². The number of benzene rings is 2. The van der Waals surface area contributed by atoms with Crippen molar-refractivity contribution in [1.82, 2.24) is 4.98 Å². The van der Waals surface area contributed by atoms with Crippen molar-refractivity contribution >= 4 is 28.7 Å². The first-order chi connectivity index (χ1) is 13.7. The molecule has 2 aromatic carbocycles. The van der Waals surface area contributed by atoms with E-state index in [1.165, 1.54) is 11.3 Å². The molecular formula is C21H21N3O3S. The molecule has 2 N–H and O–H groups in total. The van der Waals surface area contributed by atoms with Gasteiger partial charge in [0.15, 0.2) is 0 Å². The number of aliphatic hydroxyl groups is 1. The van der Waals surface area contributed by atoms with Crippen LogP contribution in [0, 0.1) is 0 Å². The number of hydrogen-bond acceptors (Lipinski definition) is 7. The molecule has 28 heavy (non-hydrogen) atoms. The lowest BCUT2D eigenvalue weighted by atomic mass is 10.0. The molecule has 0 unspecified atom stereocenters. The van der Waals surface area contributed by atoms with E-state index in [0.29, 0.717) is 17.4 Å². The van der Waals surface area contributed by atoms with Crippen LogP contribution in [0.25, 0.3) is 11.1 Å². The number of hydrazone groups is 1. The number of nitrogens with one attached hydrogen (secondary N) is 1. The largest absolute Gasteiger partial charge is 0.466 e. The van der Waals surface area contributed by atoms with Crippen molar-refractivity contribution in [3.63, 3.8) is 0 Å². The Morgan fingerprint density at radius 2 is 2.07 bits per heavy atom. The third-order valence-electron chi connectivity index (χ3n) is 3.91. The highest BCUT2D eigenvalue weighted by molar-refractivity contribution is 7.13. The molecule has 6 nitrogen and oxygen atoms in total. The second kappa shape index (κ2) is 9.77. The molecule has 0 atom stereocenters. The van der Waals surface area contributed by atoms with Crippen molar-refractivity contribution in [3.8, 4) is 11.1 Å². The van der Waals surface area contributed by atoms with Gasteiger partial charge in [-0.1, -0.05) is 42.5 Å². The molecule has 0 aliphatic carbocycles. The van der Waals surface area contributed by atoms with Crippen molar-refractivity contribution in [2.75, 3.05) is 12.0 Å². The fourth-order valence-corrected chi connectivity index (χ4v) is 3.23. The van der Waals surface area contributed by atoms with Crippen LogP contribution in [-0.4, -0.2) is 28.9 Å². The topological polar surface area (TPSA) is 83.8 Å². The standard InChI is InChI=1S/C21H21N3O3S/c1-2-27-20(26)11-19-14-28-21(23-19)24-22-12-15-6-8-17(9-7-15)18-5-3-4-16(10-18)13-25/h3-10,12,14,25H,2,11,13H2,1H3,(H,23,24). The van der Waals surface area contributed by atoms with Crippen molar-refractivity contribution in [2.45, 2.75) is 20.0 Å². The lowest BCUT2D eigenvalue weighted by molar-refractivity contribution is -0.142. The number of rotatable bonds is 8. The van der Waals surface area contributed by atoms with E-state index >= 15 is 0 Å². The molecule has 3 rings (SSSR count). The Labute approximate surface area is 167 Å². The van der Waals surface area contributed by atoms with Crippen LogP contribution in [0.2, 0.25) is 0 Å². The third kappa shape index (κ3) is 5.48. The molecule has 7 heteroatoms. The summed E-state index contributed by atoms with van der Waals surface area (Å²) in [6, 6.07) is 15.8. The summed E-state index contributed by atoms with van der Waals surface area (Å²) in [5.41, 5.74) is 7.50. The maximum absolute atomic E-state index is 11.5. The van der Waals surface area contributed by atoms with Gasteiger partial charge in [0.05, 0.1) is 31.5 Å². The van der Waals surface area contributed by atoms with E-state index in [-0.39, 0.29) is 19.0 Å². The Kier molecular flexibility index (Phi) is 6.89. The Bertz CT molecular complexity index is 952. The van der Waals surface area contributed by atoms with Crippen LogP contribution in [0.1, 0.15) is 23.7 Å².